The second kappa shape index (κ2) is 6.61. The Morgan fingerprint density at radius 2 is 2.06 bits per heavy atom. The van der Waals surface area contributed by atoms with E-state index in [2.05, 4.69) is 0 Å². The van der Waals surface area contributed by atoms with Crippen LogP contribution in [0.5, 0.6) is 0 Å². The quantitative estimate of drug-likeness (QED) is 0.830. The highest BCUT2D eigenvalue weighted by atomic mass is 35.5. The molecule has 0 radical (unpaired) electrons. The third-order valence-corrected chi connectivity index (χ3v) is 3.14. The van der Waals surface area contributed by atoms with Crippen molar-refractivity contribution in [3.05, 3.63) is 28.8 Å². The van der Waals surface area contributed by atoms with Gasteiger partial charge in [0.25, 0.3) is 0 Å². The molecule has 1 amide bonds. The number of carbonyl (C=O) groups excluding carboxylic acids is 1. The first-order valence-electron chi connectivity index (χ1n) is 5.90. The predicted octanol–water partition coefficient (Wildman–Crippen LogP) is 1.83. The molecule has 0 saturated carbocycles. The van der Waals surface area contributed by atoms with Gasteiger partial charge >= 0.3 is 0 Å². The minimum atomic E-state index is 0.0804. The summed E-state index contributed by atoms with van der Waals surface area (Å²) < 4.78 is 0. The summed E-state index contributed by atoms with van der Waals surface area (Å²) in [5.74, 6) is 0.0804. The molecule has 0 aliphatic heterocycles. The van der Waals surface area contributed by atoms with Crippen molar-refractivity contribution in [1.82, 2.24) is 9.80 Å². The van der Waals surface area contributed by atoms with Gasteiger partial charge in [-0.1, -0.05) is 18.5 Å². The maximum atomic E-state index is 11.7. The summed E-state index contributed by atoms with van der Waals surface area (Å²) in [6.45, 7) is 3.81. The molecule has 18 heavy (non-hydrogen) atoms. The van der Waals surface area contributed by atoms with E-state index in [-0.39, 0.29) is 5.91 Å². The molecule has 100 valence electrons. The first kappa shape index (κ1) is 14.8. The smallest absolute Gasteiger partial charge is 0.236 e. The monoisotopic (exact) mass is 269 g/mol. The average molecular weight is 270 g/mol. The Bertz CT molecular complexity index is 421. The van der Waals surface area contributed by atoms with Gasteiger partial charge in [0.05, 0.1) is 6.54 Å². The van der Waals surface area contributed by atoms with Crippen molar-refractivity contribution >= 4 is 23.2 Å². The van der Waals surface area contributed by atoms with Crippen molar-refractivity contribution < 1.29 is 4.79 Å². The molecule has 0 bridgehead atoms. The Balaban J connectivity index is 2.73. The lowest BCUT2D eigenvalue weighted by Crippen LogP contribution is -2.36. The normalized spacial score (nSPS) is 10.7. The van der Waals surface area contributed by atoms with E-state index in [1.807, 2.05) is 17.9 Å². The van der Waals surface area contributed by atoms with E-state index in [1.165, 1.54) is 0 Å². The van der Waals surface area contributed by atoms with Gasteiger partial charge < -0.3 is 10.6 Å². The maximum absolute atomic E-state index is 11.7. The Hall–Kier alpha value is -1.26. The van der Waals surface area contributed by atoms with Gasteiger partial charge in [-0.15, -0.1) is 0 Å². The molecule has 0 aromatic heterocycles. The zero-order chi connectivity index (χ0) is 13.7. The van der Waals surface area contributed by atoms with E-state index in [1.54, 1.807) is 31.1 Å². The van der Waals surface area contributed by atoms with Crippen molar-refractivity contribution in [2.75, 3.05) is 32.9 Å². The molecule has 0 heterocycles. The number of likely N-dealkylation sites (N-methyl/N-ethyl adjacent to an activating group) is 2. The van der Waals surface area contributed by atoms with Crippen molar-refractivity contribution in [2.24, 2.45) is 0 Å². The first-order chi connectivity index (χ1) is 8.43. The molecule has 1 aromatic rings. The van der Waals surface area contributed by atoms with E-state index in [4.69, 9.17) is 17.3 Å². The summed E-state index contributed by atoms with van der Waals surface area (Å²) >= 11 is 6.12. The molecular formula is C13H20ClN3O. The second-order valence-electron chi connectivity index (χ2n) is 4.44. The number of amides is 1. The summed E-state index contributed by atoms with van der Waals surface area (Å²) in [7, 11) is 3.51. The van der Waals surface area contributed by atoms with Gasteiger partial charge in [0, 0.05) is 31.4 Å². The number of nitrogens with zero attached hydrogens (tertiary/aromatic N) is 2. The van der Waals surface area contributed by atoms with Crippen LogP contribution in [0.2, 0.25) is 5.02 Å². The lowest BCUT2D eigenvalue weighted by molar-refractivity contribution is -0.130. The zero-order valence-electron chi connectivity index (χ0n) is 11.1. The fourth-order valence-electron chi connectivity index (χ4n) is 1.57. The number of halogens is 1. The Morgan fingerprint density at radius 1 is 1.39 bits per heavy atom. The van der Waals surface area contributed by atoms with E-state index in [9.17, 15) is 4.79 Å². The molecule has 0 spiro atoms. The lowest BCUT2D eigenvalue weighted by atomic mass is 10.2. The summed E-state index contributed by atoms with van der Waals surface area (Å²) in [6, 6.07) is 5.41. The predicted molar refractivity (Wildman–Crippen MR) is 75.5 cm³/mol. The molecule has 0 atom stereocenters. The van der Waals surface area contributed by atoms with Gasteiger partial charge in [-0.25, -0.2) is 0 Å². The topological polar surface area (TPSA) is 49.6 Å². The third kappa shape index (κ3) is 4.20. The van der Waals surface area contributed by atoms with Crippen molar-refractivity contribution in [2.45, 2.75) is 13.5 Å². The fraction of sp³-hybridized carbons (Fsp3) is 0.462. The Morgan fingerprint density at radius 3 is 2.61 bits per heavy atom. The third-order valence-electron chi connectivity index (χ3n) is 2.77. The Kier molecular flexibility index (Phi) is 5.44. The van der Waals surface area contributed by atoms with Crippen LogP contribution in [-0.2, 0) is 11.3 Å². The van der Waals surface area contributed by atoms with Crippen LogP contribution in [0.15, 0.2) is 18.2 Å². The van der Waals surface area contributed by atoms with Gasteiger partial charge in [0.2, 0.25) is 5.91 Å². The summed E-state index contributed by atoms with van der Waals surface area (Å²) in [5.41, 5.74) is 7.38. The van der Waals surface area contributed by atoms with Crippen LogP contribution in [0.25, 0.3) is 0 Å². The van der Waals surface area contributed by atoms with Crippen LogP contribution in [0.1, 0.15) is 12.5 Å². The molecule has 1 aromatic carbocycles. The van der Waals surface area contributed by atoms with Gasteiger partial charge in [0.15, 0.2) is 0 Å². The largest absolute Gasteiger partial charge is 0.399 e. The summed E-state index contributed by atoms with van der Waals surface area (Å²) in [5, 5.41) is 0.681. The van der Waals surface area contributed by atoms with Crippen LogP contribution in [0.4, 0.5) is 5.69 Å². The molecule has 0 aliphatic carbocycles. The van der Waals surface area contributed by atoms with E-state index in [0.717, 1.165) is 12.1 Å². The van der Waals surface area contributed by atoms with Crippen LogP contribution in [-0.4, -0.2) is 42.9 Å². The van der Waals surface area contributed by atoms with E-state index >= 15 is 0 Å². The van der Waals surface area contributed by atoms with Crippen LogP contribution in [0, 0.1) is 0 Å². The summed E-state index contributed by atoms with van der Waals surface area (Å²) in [6.07, 6.45) is 0. The number of carbonyl (C=O) groups is 1. The highest BCUT2D eigenvalue weighted by Gasteiger charge is 2.12. The standard InChI is InChI=1S/C13H20ClN3O/c1-4-17(9-13(18)16(2)3)8-10-7-11(15)5-6-12(10)14/h5-7H,4,8-9,15H2,1-3H3. The highest BCUT2D eigenvalue weighted by molar-refractivity contribution is 6.31. The van der Waals surface area contributed by atoms with Crippen LogP contribution >= 0.6 is 11.6 Å². The molecule has 0 aliphatic rings. The number of rotatable bonds is 5. The minimum Gasteiger partial charge on any atom is -0.399 e. The zero-order valence-corrected chi connectivity index (χ0v) is 11.9. The SMILES string of the molecule is CCN(CC(=O)N(C)C)Cc1cc(N)ccc1Cl. The molecule has 4 nitrogen and oxygen atoms in total. The fourth-order valence-corrected chi connectivity index (χ4v) is 1.75. The summed E-state index contributed by atoms with van der Waals surface area (Å²) in [4.78, 5) is 15.3. The van der Waals surface area contributed by atoms with Crippen molar-refractivity contribution in [3.63, 3.8) is 0 Å². The maximum Gasteiger partial charge on any atom is 0.236 e. The average Bonchev–Trinajstić information content (AvgIpc) is 2.32. The molecule has 1 rings (SSSR count). The molecule has 2 N–H and O–H groups in total. The van der Waals surface area contributed by atoms with Crippen LogP contribution < -0.4 is 5.73 Å². The minimum absolute atomic E-state index is 0.0804. The molecule has 0 fully saturated rings. The number of hydrogen-bond donors (Lipinski definition) is 1. The number of nitrogen functional groups attached to an aromatic ring is 1. The Labute approximate surface area is 113 Å². The lowest BCUT2D eigenvalue weighted by Gasteiger charge is -2.22. The van der Waals surface area contributed by atoms with Crippen molar-refractivity contribution in [3.8, 4) is 0 Å². The number of benzene rings is 1. The van der Waals surface area contributed by atoms with Gasteiger partial charge in [0.1, 0.15) is 0 Å². The number of hydrogen-bond acceptors (Lipinski definition) is 3. The highest BCUT2D eigenvalue weighted by Crippen LogP contribution is 2.20. The second-order valence-corrected chi connectivity index (χ2v) is 4.85. The van der Waals surface area contributed by atoms with E-state index < -0.39 is 0 Å². The molecule has 0 unspecified atom stereocenters. The molecule has 5 heteroatoms. The van der Waals surface area contributed by atoms with Crippen molar-refractivity contribution in [1.29, 1.82) is 0 Å². The van der Waals surface area contributed by atoms with E-state index in [0.29, 0.717) is 23.8 Å². The van der Waals surface area contributed by atoms with Gasteiger partial charge in [-0.05, 0) is 30.3 Å². The molecule has 0 saturated heterocycles. The van der Waals surface area contributed by atoms with Gasteiger partial charge in [-0.3, -0.25) is 9.69 Å². The molecular weight excluding hydrogens is 250 g/mol. The van der Waals surface area contributed by atoms with Gasteiger partial charge in [-0.2, -0.15) is 0 Å². The number of nitrogens with two attached hydrogens (primary N) is 1. The number of anilines is 1. The first-order valence-corrected chi connectivity index (χ1v) is 6.28. The van der Waals surface area contributed by atoms with Crippen LogP contribution in [0.3, 0.4) is 0 Å².